The highest BCUT2D eigenvalue weighted by atomic mass is 32.2. The molecule has 0 unspecified atom stereocenters. The summed E-state index contributed by atoms with van der Waals surface area (Å²) in [6, 6.07) is 8.05. The van der Waals surface area contributed by atoms with Crippen LogP contribution in [0.4, 0.5) is 14.5 Å². The molecule has 3 rings (SSSR count). The van der Waals surface area contributed by atoms with Gasteiger partial charge in [0, 0.05) is 30.3 Å². The zero-order chi connectivity index (χ0) is 20.1. The van der Waals surface area contributed by atoms with Crippen LogP contribution >= 0.6 is 0 Å². The lowest BCUT2D eigenvalue weighted by atomic mass is 10.2. The summed E-state index contributed by atoms with van der Waals surface area (Å²) in [7, 11) is -3.86. The molecule has 0 aliphatic carbocycles. The number of nitrogens with one attached hydrogen (secondary N) is 2. The largest absolute Gasteiger partial charge is 0.322 e. The molecule has 2 aromatic rings. The molecule has 0 saturated heterocycles. The van der Waals surface area contributed by atoms with E-state index in [0.717, 1.165) is 31.4 Å². The molecule has 0 fully saturated rings. The Labute approximate surface area is 161 Å². The van der Waals surface area contributed by atoms with Crippen molar-refractivity contribution in [3.63, 3.8) is 0 Å². The van der Waals surface area contributed by atoms with Crippen molar-refractivity contribution in [3.8, 4) is 0 Å². The highest BCUT2D eigenvalue weighted by Gasteiger charge is 2.18. The van der Waals surface area contributed by atoms with E-state index in [2.05, 4.69) is 15.0 Å². The second-order valence-electron chi connectivity index (χ2n) is 6.38. The minimum Gasteiger partial charge on any atom is -0.322 e. The first-order valence-electron chi connectivity index (χ1n) is 8.77. The van der Waals surface area contributed by atoms with E-state index < -0.39 is 27.6 Å². The predicted molar refractivity (Wildman–Crippen MR) is 102 cm³/mol. The number of rotatable bonds is 4. The lowest BCUT2D eigenvalue weighted by Gasteiger charge is -2.11. The molecule has 0 aromatic heterocycles. The van der Waals surface area contributed by atoms with Crippen molar-refractivity contribution in [2.45, 2.75) is 30.6 Å². The van der Waals surface area contributed by atoms with Crippen LogP contribution in [0.3, 0.4) is 0 Å². The van der Waals surface area contributed by atoms with Crippen LogP contribution in [-0.4, -0.2) is 26.7 Å². The topological polar surface area (TPSA) is 87.6 Å². The molecule has 0 atom stereocenters. The van der Waals surface area contributed by atoms with Gasteiger partial charge in [-0.3, -0.25) is 14.5 Å². The minimum atomic E-state index is -3.86. The third-order valence-corrected chi connectivity index (χ3v) is 5.53. The van der Waals surface area contributed by atoms with E-state index in [1.54, 1.807) is 0 Å². The van der Waals surface area contributed by atoms with Crippen molar-refractivity contribution in [1.29, 1.82) is 0 Å². The monoisotopic (exact) mass is 407 g/mol. The van der Waals surface area contributed by atoms with Crippen LogP contribution in [0.1, 0.15) is 36.0 Å². The maximum atomic E-state index is 13.3. The first kappa shape index (κ1) is 19.9. The van der Waals surface area contributed by atoms with Gasteiger partial charge in [0.15, 0.2) is 0 Å². The van der Waals surface area contributed by atoms with Crippen LogP contribution in [0.25, 0.3) is 0 Å². The lowest BCUT2D eigenvalue weighted by Crippen LogP contribution is -2.30. The molecular formula is C19H19F2N3O3S. The van der Waals surface area contributed by atoms with Crippen LogP contribution in [-0.2, 0) is 10.0 Å². The number of hydrogen-bond donors (Lipinski definition) is 2. The standard InChI is InChI=1S/C19H19F2N3O3S/c20-14-9-13(10-15(21)11-14)19(25)23-16-5-4-6-17(12-16)28(26,27)24-18-7-2-1-3-8-22-18/h4-6,9-12H,1-3,7-8H2,(H,22,24)(H,23,25). The van der Waals surface area contributed by atoms with Crippen LogP contribution in [0, 0.1) is 11.6 Å². The number of hydrogen-bond acceptors (Lipinski definition) is 4. The lowest BCUT2D eigenvalue weighted by molar-refractivity contribution is 0.102. The van der Waals surface area contributed by atoms with Crippen molar-refractivity contribution in [2.75, 3.05) is 11.9 Å². The van der Waals surface area contributed by atoms with Gasteiger partial charge in [-0.25, -0.2) is 17.2 Å². The van der Waals surface area contributed by atoms with Crippen LogP contribution in [0.15, 0.2) is 52.4 Å². The van der Waals surface area contributed by atoms with Gasteiger partial charge in [0.05, 0.1) is 4.90 Å². The smallest absolute Gasteiger partial charge is 0.262 e. The average molecular weight is 407 g/mol. The number of aliphatic imine (C=N–C) groups is 1. The first-order valence-corrected chi connectivity index (χ1v) is 10.3. The number of benzene rings is 2. The van der Waals surface area contributed by atoms with Crippen LogP contribution < -0.4 is 10.0 Å². The molecule has 1 aliphatic heterocycles. The molecule has 28 heavy (non-hydrogen) atoms. The summed E-state index contributed by atoms with van der Waals surface area (Å²) in [4.78, 5) is 16.4. The fraction of sp³-hybridized carbons (Fsp3) is 0.263. The molecule has 1 aliphatic rings. The Hall–Kier alpha value is -2.81. The molecule has 6 nitrogen and oxygen atoms in total. The van der Waals surface area contributed by atoms with Gasteiger partial charge in [-0.2, -0.15) is 0 Å². The summed E-state index contributed by atoms with van der Waals surface area (Å²) in [6.07, 6.45) is 3.34. The maximum Gasteiger partial charge on any atom is 0.262 e. The Balaban J connectivity index is 1.77. The Kier molecular flexibility index (Phi) is 6.03. The Morgan fingerprint density at radius 1 is 1.00 bits per heavy atom. The van der Waals surface area contributed by atoms with Crippen molar-refractivity contribution in [2.24, 2.45) is 4.99 Å². The number of amidine groups is 1. The van der Waals surface area contributed by atoms with E-state index >= 15 is 0 Å². The Morgan fingerprint density at radius 3 is 2.50 bits per heavy atom. The summed E-state index contributed by atoms with van der Waals surface area (Å²) >= 11 is 0. The average Bonchev–Trinajstić information content (AvgIpc) is 2.89. The predicted octanol–water partition coefficient (Wildman–Crippen LogP) is 3.47. The normalized spacial score (nSPS) is 14.7. The van der Waals surface area contributed by atoms with Gasteiger partial charge in [0.2, 0.25) is 0 Å². The van der Waals surface area contributed by atoms with Crippen molar-refractivity contribution in [1.82, 2.24) is 4.72 Å². The molecule has 1 amide bonds. The first-order chi connectivity index (χ1) is 13.3. The summed E-state index contributed by atoms with van der Waals surface area (Å²) in [6.45, 7) is 0.581. The number of halogens is 2. The number of sulfonamides is 1. The van der Waals surface area contributed by atoms with Crippen LogP contribution in [0.2, 0.25) is 0 Å². The van der Waals surface area contributed by atoms with E-state index in [1.807, 2.05) is 0 Å². The van der Waals surface area contributed by atoms with Gasteiger partial charge in [-0.1, -0.05) is 12.5 Å². The molecule has 0 spiro atoms. The van der Waals surface area contributed by atoms with E-state index in [-0.39, 0.29) is 16.1 Å². The Bertz CT molecular complexity index is 1000. The number of nitrogens with zero attached hydrogens (tertiary/aromatic N) is 1. The molecule has 2 aromatic carbocycles. The fourth-order valence-electron chi connectivity index (χ4n) is 2.80. The van der Waals surface area contributed by atoms with Gasteiger partial charge < -0.3 is 5.32 Å². The van der Waals surface area contributed by atoms with E-state index in [0.29, 0.717) is 24.9 Å². The van der Waals surface area contributed by atoms with Gasteiger partial charge in [0.25, 0.3) is 15.9 Å². The quantitative estimate of drug-likeness (QED) is 0.814. The summed E-state index contributed by atoms with van der Waals surface area (Å²) in [5.74, 6) is -2.10. The number of amides is 1. The maximum absolute atomic E-state index is 13.3. The molecule has 1 heterocycles. The number of carbonyl (C=O) groups is 1. The highest BCUT2D eigenvalue weighted by Crippen LogP contribution is 2.18. The Morgan fingerprint density at radius 2 is 1.75 bits per heavy atom. The van der Waals surface area contributed by atoms with Gasteiger partial charge in [-0.15, -0.1) is 0 Å². The third kappa shape index (κ3) is 5.13. The zero-order valence-corrected chi connectivity index (χ0v) is 15.7. The van der Waals surface area contributed by atoms with Gasteiger partial charge >= 0.3 is 0 Å². The molecule has 0 radical (unpaired) electrons. The van der Waals surface area contributed by atoms with E-state index in [1.165, 1.54) is 24.3 Å². The second-order valence-corrected chi connectivity index (χ2v) is 8.07. The number of carbonyl (C=O) groups excluding carboxylic acids is 1. The minimum absolute atomic E-state index is 0.0531. The SMILES string of the molecule is O=C(Nc1cccc(S(=O)(=O)NC2=NCCCCC2)c1)c1cc(F)cc(F)c1. The highest BCUT2D eigenvalue weighted by molar-refractivity contribution is 7.90. The van der Waals surface area contributed by atoms with Crippen LogP contribution in [0.5, 0.6) is 0 Å². The molecule has 0 saturated carbocycles. The summed E-state index contributed by atoms with van der Waals surface area (Å²) < 4.78 is 54.3. The fourth-order valence-corrected chi connectivity index (χ4v) is 3.94. The van der Waals surface area contributed by atoms with E-state index in [9.17, 15) is 22.0 Å². The summed E-state index contributed by atoms with van der Waals surface area (Å²) in [5, 5.41) is 2.44. The second kappa shape index (κ2) is 8.47. The van der Waals surface area contributed by atoms with Gasteiger partial charge in [-0.05, 0) is 43.2 Å². The van der Waals surface area contributed by atoms with Crippen molar-refractivity contribution in [3.05, 3.63) is 59.7 Å². The van der Waals surface area contributed by atoms with E-state index in [4.69, 9.17) is 0 Å². The van der Waals surface area contributed by atoms with Gasteiger partial charge in [0.1, 0.15) is 17.5 Å². The molecular weight excluding hydrogens is 388 g/mol. The molecule has 0 bridgehead atoms. The number of anilines is 1. The third-order valence-electron chi connectivity index (χ3n) is 4.15. The molecule has 2 N–H and O–H groups in total. The zero-order valence-electron chi connectivity index (χ0n) is 14.9. The molecule has 9 heteroatoms. The molecule has 148 valence electrons. The summed E-state index contributed by atoms with van der Waals surface area (Å²) in [5.41, 5.74) is -0.0305. The van der Waals surface area contributed by atoms with Crippen molar-refractivity contribution >= 4 is 27.5 Å². The van der Waals surface area contributed by atoms with Crippen molar-refractivity contribution < 1.29 is 22.0 Å².